The van der Waals surface area contributed by atoms with Gasteiger partial charge in [-0.05, 0) is 54.6 Å². The van der Waals surface area contributed by atoms with Crippen LogP contribution in [0.3, 0.4) is 0 Å². The number of likely N-dealkylation sites (N-methyl/N-ethyl adjacent to an activating group) is 1. The van der Waals surface area contributed by atoms with E-state index in [-0.39, 0.29) is 17.6 Å². The Morgan fingerprint density at radius 3 is 2.42 bits per heavy atom. The highest BCUT2D eigenvalue weighted by Gasteiger charge is 2.29. The second kappa shape index (κ2) is 10.1. The molecule has 0 spiro atoms. The molecule has 6 nitrogen and oxygen atoms in total. The number of ether oxygens (including phenoxy) is 1. The lowest BCUT2D eigenvalue weighted by atomic mass is 10.1. The molecule has 1 fully saturated rings. The zero-order valence-electron chi connectivity index (χ0n) is 20.1. The average Bonchev–Trinajstić information content (AvgIpc) is 2.92. The monoisotopic (exact) mass is 503 g/mol. The van der Waals surface area contributed by atoms with Crippen LogP contribution in [0, 0.1) is 5.82 Å². The third-order valence-electron chi connectivity index (χ3n) is 6.50. The molecule has 0 atom stereocenters. The van der Waals surface area contributed by atoms with Crippen molar-refractivity contribution in [1.82, 2.24) is 4.90 Å². The van der Waals surface area contributed by atoms with Gasteiger partial charge >= 0.3 is 0 Å². The molecule has 0 unspecified atom stereocenters. The molecule has 184 valence electrons. The van der Waals surface area contributed by atoms with Crippen LogP contribution in [0.5, 0.6) is 5.75 Å². The summed E-state index contributed by atoms with van der Waals surface area (Å²) >= 11 is 1.29. The van der Waals surface area contributed by atoms with Gasteiger partial charge in [0.15, 0.2) is 0 Å². The summed E-state index contributed by atoms with van der Waals surface area (Å²) in [7, 11) is 3.33. The van der Waals surface area contributed by atoms with Crippen molar-refractivity contribution in [2.45, 2.75) is 4.90 Å². The van der Waals surface area contributed by atoms with Gasteiger partial charge in [-0.3, -0.25) is 9.59 Å². The van der Waals surface area contributed by atoms with Crippen LogP contribution in [0.2, 0.25) is 0 Å². The molecule has 0 N–H and O–H groups in total. The summed E-state index contributed by atoms with van der Waals surface area (Å²) in [6.07, 6.45) is 1.57. The molecule has 0 radical (unpaired) electrons. The van der Waals surface area contributed by atoms with Gasteiger partial charge < -0.3 is 19.4 Å². The first-order valence-electron chi connectivity index (χ1n) is 11.7. The number of piperazine rings is 1. The molecular weight excluding hydrogens is 477 g/mol. The number of anilines is 2. The average molecular weight is 504 g/mol. The summed E-state index contributed by atoms with van der Waals surface area (Å²) in [6.45, 7) is 2.70. The van der Waals surface area contributed by atoms with Crippen molar-refractivity contribution < 1.29 is 18.7 Å². The topological polar surface area (TPSA) is 53.1 Å². The number of hydrogen-bond acceptors (Lipinski definition) is 5. The van der Waals surface area contributed by atoms with Crippen molar-refractivity contribution in [3.05, 3.63) is 88.6 Å². The van der Waals surface area contributed by atoms with Crippen molar-refractivity contribution in [2.24, 2.45) is 0 Å². The molecule has 2 aliphatic rings. The lowest BCUT2D eigenvalue weighted by Crippen LogP contribution is -2.48. The molecule has 0 bridgehead atoms. The molecule has 0 aliphatic carbocycles. The fourth-order valence-corrected chi connectivity index (χ4v) is 5.49. The van der Waals surface area contributed by atoms with E-state index in [1.165, 1.54) is 22.7 Å². The van der Waals surface area contributed by atoms with Crippen molar-refractivity contribution in [3.8, 4) is 5.75 Å². The van der Waals surface area contributed by atoms with Gasteiger partial charge in [-0.2, -0.15) is 0 Å². The number of carbonyl (C=O) groups is 2. The maximum Gasteiger partial charge on any atom is 0.264 e. The van der Waals surface area contributed by atoms with Crippen LogP contribution in [-0.2, 0) is 4.79 Å². The Labute approximate surface area is 213 Å². The number of halogens is 1. The van der Waals surface area contributed by atoms with Crippen LogP contribution in [-0.4, -0.2) is 57.1 Å². The molecule has 2 aliphatic heterocycles. The van der Waals surface area contributed by atoms with Gasteiger partial charge in [-0.15, -0.1) is 0 Å². The summed E-state index contributed by atoms with van der Waals surface area (Å²) in [5, 5.41) is 0. The van der Waals surface area contributed by atoms with Crippen molar-refractivity contribution in [1.29, 1.82) is 0 Å². The summed E-state index contributed by atoms with van der Waals surface area (Å²) in [4.78, 5) is 33.2. The molecule has 1 saturated heterocycles. The Bertz CT molecular complexity index is 1330. The molecule has 0 aromatic heterocycles. The Balaban J connectivity index is 1.29. The zero-order chi connectivity index (χ0) is 25.2. The van der Waals surface area contributed by atoms with Crippen molar-refractivity contribution in [3.63, 3.8) is 0 Å². The highest BCUT2D eigenvalue weighted by Crippen LogP contribution is 2.42. The Morgan fingerprint density at radius 1 is 1.00 bits per heavy atom. The fraction of sp³-hybridized carbons (Fsp3) is 0.214. The molecular formula is C28H26FN3O3S. The minimum Gasteiger partial charge on any atom is -0.497 e. The number of nitrogens with zero attached hydrogens (tertiary/aromatic N) is 3. The number of fused-ring (bicyclic) bond motifs is 1. The van der Waals surface area contributed by atoms with Crippen LogP contribution in [0.25, 0.3) is 6.08 Å². The third kappa shape index (κ3) is 4.68. The van der Waals surface area contributed by atoms with E-state index >= 15 is 0 Å². The maximum absolute atomic E-state index is 14.1. The Morgan fingerprint density at radius 2 is 1.72 bits per heavy atom. The molecule has 5 rings (SSSR count). The summed E-state index contributed by atoms with van der Waals surface area (Å²) in [5.41, 5.74) is 2.70. The number of methoxy groups -OCH3 is 1. The highest BCUT2D eigenvalue weighted by molar-refractivity contribution is 8.04. The van der Waals surface area contributed by atoms with Crippen LogP contribution in [0.1, 0.15) is 15.9 Å². The van der Waals surface area contributed by atoms with Crippen molar-refractivity contribution in [2.75, 3.05) is 50.1 Å². The van der Waals surface area contributed by atoms with Crippen molar-refractivity contribution >= 4 is 41.0 Å². The molecule has 36 heavy (non-hydrogen) atoms. The molecule has 2 amide bonds. The van der Waals surface area contributed by atoms with Crippen LogP contribution < -0.4 is 14.5 Å². The SMILES string of the molecule is COc1ccc(N2CCN(C(=O)c3ccc4c(c3)N(C)C(=O)/C(=C/c3ccccc3F)S4)CC2)cc1. The van der Waals surface area contributed by atoms with Gasteiger partial charge in [-0.25, -0.2) is 4.39 Å². The largest absolute Gasteiger partial charge is 0.497 e. The summed E-state index contributed by atoms with van der Waals surface area (Å²) in [6, 6.07) is 19.7. The van der Waals surface area contributed by atoms with Gasteiger partial charge in [-0.1, -0.05) is 30.0 Å². The third-order valence-corrected chi connectivity index (χ3v) is 7.58. The number of rotatable bonds is 4. The number of thioether (sulfide) groups is 1. The van der Waals surface area contributed by atoms with Crippen LogP contribution >= 0.6 is 11.8 Å². The van der Waals surface area contributed by atoms with E-state index < -0.39 is 0 Å². The normalized spacial score (nSPS) is 16.8. The molecule has 0 saturated carbocycles. The number of hydrogen-bond donors (Lipinski definition) is 0. The van der Waals surface area contributed by atoms with Crippen LogP contribution in [0.15, 0.2) is 76.5 Å². The maximum atomic E-state index is 14.1. The van der Waals surface area contributed by atoms with E-state index in [9.17, 15) is 14.0 Å². The fourth-order valence-electron chi connectivity index (χ4n) is 4.40. The first-order chi connectivity index (χ1) is 17.4. The second-order valence-corrected chi connectivity index (χ2v) is 9.74. The minimum atomic E-state index is -0.375. The van der Waals surface area contributed by atoms with E-state index in [4.69, 9.17) is 4.74 Å². The van der Waals surface area contributed by atoms with Gasteiger partial charge in [0.25, 0.3) is 11.8 Å². The highest BCUT2D eigenvalue weighted by atomic mass is 32.2. The Hall–Kier alpha value is -3.78. The van der Waals surface area contributed by atoms with Crippen LogP contribution in [0.4, 0.5) is 15.8 Å². The van der Waals surface area contributed by atoms with Gasteiger partial charge in [0.2, 0.25) is 0 Å². The smallest absolute Gasteiger partial charge is 0.264 e. The minimum absolute atomic E-state index is 0.0503. The number of amides is 2. The first kappa shape index (κ1) is 23.9. The molecule has 2 heterocycles. The van der Waals surface area contributed by atoms with E-state index in [1.54, 1.807) is 50.6 Å². The first-order valence-corrected chi connectivity index (χ1v) is 12.5. The Kier molecular flexibility index (Phi) is 6.69. The van der Waals surface area contributed by atoms with Gasteiger partial charge in [0.05, 0.1) is 17.7 Å². The van der Waals surface area contributed by atoms with E-state index in [0.29, 0.717) is 34.8 Å². The quantitative estimate of drug-likeness (QED) is 0.474. The zero-order valence-corrected chi connectivity index (χ0v) is 20.9. The van der Waals surface area contributed by atoms with Gasteiger partial charge in [0.1, 0.15) is 11.6 Å². The lowest BCUT2D eigenvalue weighted by Gasteiger charge is -2.36. The van der Waals surface area contributed by atoms with E-state index in [1.807, 2.05) is 35.2 Å². The second-order valence-electron chi connectivity index (χ2n) is 8.66. The van der Waals surface area contributed by atoms with E-state index in [2.05, 4.69) is 4.90 Å². The molecule has 8 heteroatoms. The lowest BCUT2D eigenvalue weighted by molar-refractivity contribution is -0.114. The number of carbonyl (C=O) groups excluding carboxylic acids is 2. The molecule has 3 aromatic rings. The van der Waals surface area contributed by atoms with E-state index in [0.717, 1.165) is 29.4 Å². The summed E-state index contributed by atoms with van der Waals surface area (Å²) in [5.74, 6) is 0.162. The predicted octanol–water partition coefficient (Wildman–Crippen LogP) is 4.91. The summed E-state index contributed by atoms with van der Waals surface area (Å²) < 4.78 is 19.3. The van der Waals surface area contributed by atoms with Gasteiger partial charge in [0, 0.05) is 54.9 Å². The standard InChI is InChI=1S/C28H26FN3O3S/c1-30-24-17-20(7-12-25(24)36-26(28(30)34)18-19-5-3-4-6-23(19)29)27(33)32-15-13-31(14-16-32)21-8-10-22(35-2)11-9-21/h3-12,17-18H,13-16H2,1-2H3/b26-18-. The molecule has 3 aromatic carbocycles. The predicted molar refractivity (Wildman–Crippen MR) is 141 cm³/mol. The number of benzene rings is 3.